The van der Waals surface area contributed by atoms with E-state index >= 15 is 0 Å². The Bertz CT molecular complexity index is 4540. The van der Waals surface area contributed by atoms with Crippen LogP contribution in [-0.2, 0) is 50.9 Å². The van der Waals surface area contributed by atoms with Crippen LogP contribution in [0.5, 0.6) is 0 Å². The molecular formula is C73H104N17O18P3. The van der Waals surface area contributed by atoms with Gasteiger partial charge in [-0.15, -0.1) is 0 Å². The third-order valence-corrected chi connectivity index (χ3v) is 21.5. The summed E-state index contributed by atoms with van der Waals surface area (Å²) in [5.74, 6) is 0.0311. The average Bonchev–Trinajstić information content (AvgIpc) is 1.64. The molecule has 5 N–H and O–H groups in total. The molecule has 0 radical (unpaired) electrons. The van der Waals surface area contributed by atoms with Crippen LogP contribution in [0.4, 0.5) is 10.5 Å². The summed E-state index contributed by atoms with van der Waals surface area (Å²) in [4.78, 5) is 65.2. The number of rotatable bonds is 28. The smallest absolute Gasteiger partial charge is 0.450 e. The first-order chi connectivity index (χ1) is 52.5. The number of hydrogen-bond acceptors (Lipinski definition) is 25. The van der Waals surface area contributed by atoms with Crippen LogP contribution >= 0.6 is 26.2 Å². The lowest BCUT2D eigenvalue weighted by molar-refractivity contribution is -0.0591. The molecule has 604 valence electrons. The summed E-state index contributed by atoms with van der Waals surface area (Å²) in [6, 6.07) is 15.1. The highest BCUT2D eigenvalue weighted by Crippen LogP contribution is 2.52. The molecule has 0 amide bonds. The molecule has 16 atom stereocenters. The number of carbonyl (C=O) groups is 1. The van der Waals surface area contributed by atoms with Crippen molar-refractivity contribution >= 4 is 84.1 Å². The molecule has 8 aromatic rings. The minimum atomic E-state index is -1.97. The Labute approximate surface area is 649 Å². The maximum Gasteiger partial charge on any atom is 0.506 e. The number of imidazole rings is 2. The van der Waals surface area contributed by atoms with Gasteiger partial charge >= 0.3 is 14.8 Å². The van der Waals surface area contributed by atoms with Crippen molar-refractivity contribution in [1.82, 2.24) is 61.5 Å². The highest BCUT2D eigenvalue weighted by Gasteiger charge is 2.48. The SMILES string of the molecule is C.CC#N.CC[C@H]1O[C@@H](n2ccc3c(N=CN(C)C)ccnc32)C[C@@H]1OP(OCCC#N)N(C(C)C)C(C)C.C[C@H]1[C@@H](O)[C@H](n2ccc(=O)n3ccnc23)O[C@@H]1CO.O.O=P.[C-]#[N+]CCOP(OC[C@H]1O[C@@H](n2ccc(=O)n3ccnc23)[C@H](OC(=O)O)[C@@H]1C)O[C@H]1C[C@H](n2ccc3c(/C=C\N(C)C)ccnc32)O[C@@H]1CC. The van der Waals surface area contributed by atoms with Crippen molar-refractivity contribution in [2.45, 2.75) is 188 Å². The third-order valence-electron chi connectivity index (χ3n) is 18.2. The normalized spacial score (nSPS) is 23.8. The molecule has 0 aromatic carbocycles. The molecule has 0 saturated carbocycles. The van der Waals surface area contributed by atoms with E-state index in [1.54, 1.807) is 62.4 Å². The Morgan fingerprint density at radius 2 is 1.27 bits per heavy atom. The second kappa shape index (κ2) is 44.0. The van der Waals surface area contributed by atoms with Crippen molar-refractivity contribution in [3.8, 4) is 12.1 Å². The van der Waals surface area contributed by atoms with Gasteiger partial charge in [-0.1, -0.05) is 35.1 Å². The number of ether oxygens (including phenoxy) is 5. The van der Waals surface area contributed by atoms with Gasteiger partial charge in [-0.05, 0) is 82.6 Å². The summed E-state index contributed by atoms with van der Waals surface area (Å²) in [5, 5.41) is 47.3. The number of nitrogens with zero attached hydrogens (tertiary/aromatic N) is 17. The Kier molecular flexibility index (Phi) is 36.2. The minimum Gasteiger partial charge on any atom is -0.450 e. The van der Waals surface area contributed by atoms with Gasteiger partial charge in [0.1, 0.15) is 45.6 Å². The van der Waals surface area contributed by atoms with Gasteiger partial charge in [0.25, 0.3) is 19.6 Å². The molecule has 2 unspecified atom stereocenters. The zero-order chi connectivity index (χ0) is 79.2. The number of hydrogen-bond donors (Lipinski definition) is 3. The standard InChI is InChI=1S/C33H40N7O9P.C25H39N6O3P.C12H15N3O4.C2H3N.CH4.HOP.H2O/c1-6-24-25(19-28(46-24)39-15-9-23-22(8-14-37(4)5)7-11-35-30(23)39)49-50(44-18-13-34-3)45-20-26-21(2)29(48-33(42)43)31(47-26)40-16-10-27(41)38-17-12-36-32(38)40;1-8-22-23(34-35(32-15-9-12-26)31(18(2)3)19(4)5)16-24(33-22)30-14-11-20-21(28-17-29(6)7)10-13-27-25(20)30;1-7-8(6-16)19-11(10(7)18)15-4-2-9(17)14-5-3-13-12(14)15;1-2-3;;1-2;/h7-12,14-17,21,24-26,28-29,31H,6,13,18-20H2,1-2,4-5H3,(H,42,43);10-11,13-14,17-19,22-24H,8-9,15-16H2,1-7H3;2-5,7-8,10-11,16,18H,6H2,1H3;1H3;1H4;2H;1H2/b14-8-;;;;;;/t21-,24-,25+,26-,28-,29-,31-,50?;22-,23+,24-,35?;7-,8-,10-,11-;;;;/m111..../s1. The zero-order valence-corrected chi connectivity index (χ0v) is 66.6. The van der Waals surface area contributed by atoms with E-state index in [2.05, 4.69) is 79.7 Å². The topological polar surface area (TPSA) is 407 Å². The summed E-state index contributed by atoms with van der Waals surface area (Å²) in [5.41, 5.74) is 3.08. The Hall–Kier alpha value is -8.59. The molecule has 0 spiro atoms. The van der Waals surface area contributed by atoms with Crippen LogP contribution in [0.25, 0.3) is 44.5 Å². The van der Waals surface area contributed by atoms with Gasteiger partial charge in [0.2, 0.25) is 18.1 Å². The first kappa shape index (κ1) is 91.3. The molecule has 4 aliphatic rings. The fraction of sp³-hybridized carbons (Fsp3) is 0.548. The van der Waals surface area contributed by atoms with Crippen molar-refractivity contribution in [1.29, 1.82) is 10.5 Å². The minimum absolute atomic E-state index is 0. The van der Waals surface area contributed by atoms with Gasteiger partial charge in [-0.25, -0.2) is 41.0 Å². The molecule has 0 aliphatic carbocycles. The van der Waals surface area contributed by atoms with Crippen LogP contribution in [0.15, 0.2) is 119 Å². The monoisotopic (exact) mass is 1600 g/mol. The van der Waals surface area contributed by atoms with E-state index < -0.39 is 66.1 Å². The van der Waals surface area contributed by atoms with E-state index in [0.29, 0.717) is 38.1 Å². The summed E-state index contributed by atoms with van der Waals surface area (Å²) < 4.78 is 81.9. The molecule has 8 aromatic heterocycles. The van der Waals surface area contributed by atoms with Gasteiger partial charge in [0.15, 0.2) is 18.6 Å². The molecule has 0 bridgehead atoms. The molecule has 38 heteroatoms. The van der Waals surface area contributed by atoms with Gasteiger partial charge < -0.3 is 90.9 Å². The molecule has 4 fully saturated rings. The van der Waals surface area contributed by atoms with Gasteiger partial charge in [-0.2, -0.15) is 10.5 Å². The fourth-order valence-corrected chi connectivity index (χ4v) is 15.9. The van der Waals surface area contributed by atoms with E-state index in [1.165, 1.54) is 52.6 Å². The number of fused-ring (bicyclic) bond motifs is 4. The number of pyridine rings is 2. The zero-order valence-electron chi connectivity index (χ0n) is 63.8. The highest BCUT2D eigenvalue weighted by molar-refractivity contribution is 7.44. The van der Waals surface area contributed by atoms with Gasteiger partial charge in [0, 0.05) is 157 Å². The summed E-state index contributed by atoms with van der Waals surface area (Å²) in [7, 11) is 6.26. The number of aromatic nitrogens is 10. The van der Waals surface area contributed by atoms with Crippen LogP contribution in [0.1, 0.15) is 132 Å². The summed E-state index contributed by atoms with van der Waals surface area (Å²) in [6.07, 6.45) is 18.4. The third kappa shape index (κ3) is 22.6. The first-order valence-corrected chi connectivity index (χ1v) is 38.3. The first-order valence-electron chi connectivity index (χ1n) is 35.7. The van der Waals surface area contributed by atoms with Crippen molar-refractivity contribution in [2.24, 2.45) is 16.8 Å². The van der Waals surface area contributed by atoms with Crippen LogP contribution < -0.4 is 11.1 Å². The lowest BCUT2D eigenvalue weighted by Crippen LogP contribution is -2.35. The van der Waals surface area contributed by atoms with E-state index in [4.69, 9.17) is 68.0 Å². The van der Waals surface area contributed by atoms with Gasteiger partial charge in [-0.3, -0.25) is 32.1 Å². The van der Waals surface area contributed by atoms with Gasteiger partial charge in [0.05, 0.1) is 87.0 Å². The number of aliphatic hydroxyl groups is 2. The lowest BCUT2D eigenvalue weighted by atomic mass is 10.0. The van der Waals surface area contributed by atoms with Crippen molar-refractivity contribution < 1.29 is 76.5 Å². The van der Waals surface area contributed by atoms with Crippen molar-refractivity contribution in [2.75, 3.05) is 61.2 Å². The van der Waals surface area contributed by atoms with Crippen molar-refractivity contribution in [3.05, 3.63) is 142 Å². The van der Waals surface area contributed by atoms with Crippen LogP contribution in [0, 0.1) is 41.1 Å². The Balaban J connectivity index is 0.000000273. The number of carboxylic acid groups (broad SMARTS) is 1. The maximum absolute atomic E-state index is 12.3. The van der Waals surface area contributed by atoms with E-state index in [9.17, 15) is 29.7 Å². The largest absolute Gasteiger partial charge is 0.506 e. The molecule has 111 heavy (non-hydrogen) atoms. The predicted octanol–water partition coefficient (Wildman–Crippen LogP) is 10.8. The van der Waals surface area contributed by atoms with E-state index in [-0.39, 0.29) is 111 Å². The second-order valence-corrected chi connectivity index (χ2v) is 29.2. The predicted molar refractivity (Wildman–Crippen MR) is 419 cm³/mol. The Morgan fingerprint density at radius 1 is 0.730 bits per heavy atom. The van der Waals surface area contributed by atoms with Crippen LogP contribution in [-0.4, -0.2) is 217 Å². The van der Waals surface area contributed by atoms with E-state index in [1.807, 2.05) is 105 Å². The number of aliphatic imine (C=N–C) groups is 1. The number of aliphatic hydroxyl groups excluding tert-OH is 2. The maximum atomic E-state index is 12.3. The average molecular weight is 1600 g/mol. The molecule has 12 rings (SSSR count). The lowest BCUT2D eigenvalue weighted by Gasteiger charge is -2.37. The molecule has 4 saturated heterocycles. The second-order valence-electron chi connectivity index (χ2n) is 26.7. The van der Waals surface area contributed by atoms with E-state index in [0.717, 1.165) is 39.7 Å². The fourth-order valence-electron chi connectivity index (χ4n) is 13.0. The van der Waals surface area contributed by atoms with Crippen LogP contribution in [0.3, 0.4) is 0 Å². The number of nitriles is 2. The molecule has 4 aliphatic heterocycles. The highest BCUT2D eigenvalue weighted by atomic mass is 31.2. The van der Waals surface area contributed by atoms with Crippen LogP contribution in [0.2, 0.25) is 0 Å². The molecule has 35 nitrogen and oxygen atoms in total. The quantitative estimate of drug-likeness (QED) is 0.0102. The Morgan fingerprint density at radius 3 is 1.79 bits per heavy atom. The molecule has 12 heterocycles. The summed E-state index contributed by atoms with van der Waals surface area (Å²) in [6.45, 7) is 25.4. The van der Waals surface area contributed by atoms with Crippen molar-refractivity contribution in [3.63, 3.8) is 0 Å². The summed E-state index contributed by atoms with van der Waals surface area (Å²) >= 11 is 0. The molecular weight excluding hydrogens is 1500 g/mol.